The molecule has 1 aliphatic rings. The first-order valence-corrected chi connectivity index (χ1v) is 7.84. The van der Waals surface area contributed by atoms with Gasteiger partial charge in [-0.15, -0.1) is 0 Å². The van der Waals surface area contributed by atoms with Crippen molar-refractivity contribution in [2.24, 2.45) is 11.5 Å². The number of hydrogen-bond acceptors (Lipinski definition) is 4. The minimum atomic E-state index is -0.111. The zero-order valence-electron chi connectivity index (χ0n) is 13.0. The van der Waals surface area contributed by atoms with Crippen LogP contribution >= 0.6 is 0 Å². The Labute approximate surface area is 136 Å². The molecule has 1 heterocycles. The number of carbonyl (C=O) groups excluding carboxylic acids is 1. The molecule has 1 fully saturated rings. The highest BCUT2D eigenvalue weighted by Crippen LogP contribution is 2.21. The van der Waals surface area contributed by atoms with Crippen molar-refractivity contribution in [2.75, 3.05) is 23.3 Å². The van der Waals surface area contributed by atoms with Crippen LogP contribution in [0.15, 0.2) is 54.6 Å². The fraction of sp³-hybridized carbons (Fsp3) is 0.278. The van der Waals surface area contributed by atoms with Crippen LogP contribution in [0.4, 0.5) is 11.4 Å². The van der Waals surface area contributed by atoms with Crippen LogP contribution in [0.3, 0.4) is 0 Å². The maximum Gasteiger partial charge on any atom is 0.255 e. The summed E-state index contributed by atoms with van der Waals surface area (Å²) in [6.45, 7) is 1.62. The smallest absolute Gasteiger partial charge is 0.255 e. The van der Waals surface area contributed by atoms with E-state index in [9.17, 15) is 4.79 Å². The fourth-order valence-corrected chi connectivity index (χ4v) is 2.94. The second-order valence-electron chi connectivity index (χ2n) is 6.03. The quantitative estimate of drug-likeness (QED) is 0.807. The Balaban J connectivity index is 1.66. The maximum atomic E-state index is 12.1. The van der Waals surface area contributed by atoms with Crippen molar-refractivity contribution in [3.05, 3.63) is 60.2 Å². The molecule has 1 aliphatic heterocycles. The Kier molecular flexibility index (Phi) is 4.60. The maximum absolute atomic E-state index is 12.1. The van der Waals surface area contributed by atoms with E-state index in [0.29, 0.717) is 5.56 Å². The van der Waals surface area contributed by atoms with E-state index >= 15 is 0 Å². The van der Waals surface area contributed by atoms with Gasteiger partial charge in [0, 0.05) is 42.1 Å². The van der Waals surface area contributed by atoms with Gasteiger partial charge in [-0.2, -0.15) is 0 Å². The molecule has 120 valence electrons. The van der Waals surface area contributed by atoms with Crippen molar-refractivity contribution in [1.82, 2.24) is 0 Å². The number of hydrogen-bond donors (Lipinski definition) is 3. The second kappa shape index (κ2) is 6.81. The summed E-state index contributed by atoms with van der Waals surface area (Å²) in [5.41, 5.74) is 14.6. The van der Waals surface area contributed by atoms with Gasteiger partial charge < -0.3 is 21.7 Å². The Morgan fingerprint density at radius 2 is 1.57 bits per heavy atom. The van der Waals surface area contributed by atoms with Crippen molar-refractivity contribution < 1.29 is 4.79 Å². The van der Waals surface area contributed by atoms with Gasteiger partial charge in [0.2, 0.25) is 0 Å². The Morgan fingerprint density at radius 3 is 2.17 bits per heavy atom. The van der Waals surface area contributed by atoms with E-state index in [2.05, 4.69) is 10.2 Å². The molecule has 2 atom stereocenters. The van der Waals surface area contributed by atoms with E-state index in [-0.39, 0.29) is 18.0 Å². The van der Waals surface area contributed by atoms with Crippen LogP contribution in [0.1, 0.15) is 16.8 Å². The number of piperidine rings is 1. The molecule has 0 aromatic heterocycles. The summed E-state index contributed by atoms with van der Waals surface area (Å²) in [6, 6.07) is 17.2. The Hall–Kier alpha value is -2.37. The minimum Gasteiger partial charge on any atom is -0.368 e. The van der Waals surface area contributed by atoms with Crippen molar-refractivity contribution in [1.29, 1.82) is 0 Å². The van der Waals surface area contributed by atoms with Gasteiger partial charge >= 0.3 is 0 Å². The molecule has 5 N–H and O–H groups in total. The van der Waals surface area contributed by atoms with Gasteiger partial charge in [-0.25, -0.2) is 0 Å². The van der Waals surface area contributed by atoms with Gasteiger partial charge in [0.1, 0.15) is 0 Å². The first kappa shape index (κ1) is 15.5. The summed E-state index contributed by atoms with van der Waals surface area (Å²) >= 11 is 0. The molecule has 0 unspecified atom stereocenters. The number of nitrogens with two attached hydrogens (primary N) is 2. The van der Waals surface area contributed by atoms with Gasteiger partial charge in [-0.05, 0) is 42.8 Å². The van der Waals surface area contributed by atoms with Crippen molar-refractivity contribution in [3.63, 3.8) is 0 Å². The van der Waals surface area contributed by atoms with Crippen LogP contribution < -0.4 is 21.7 Å². The first-order chi connectivity index (χ1) is 11.1. The van der Waals surface area contributed by atoms with E-state index in [1.54, 1.807) is 12.1 Å². The lowest BCUT2D eigenvalue weighted by molar-refractivity contribution is 0.102. The summed E-state index contributed by atoms with van der Waals surface area (Å²) < 4.78 is 0. The molecule has 5 heteroatoms. The van der Waals surface area contributed by atoms with Crippen molar-refractivity contribution >= 4 is 17.3 Å². The third-order valence-corrected chi connectivity index (χ3v) is 4.04. The second-order valence-corrected chi connectivity index (χ2v) is 6.03. The van der Waals surface area contributed by atoms with Crippen LogP contribution in [0.2, 0.25) is 0 Å². The van der Waals surface area contributed by atoms with Crippen molar-refractivity contribution in [2.45, 2.75) is 18.5 Å². The molecule has 1 amide bonds. The number of nitrogens with one attached hydrogen (secondary N) is 1. The van der Waals surface area contributed by atoms with Crippen LogP contribution in [-0.4, -0.2) is 31.1 Å². The molecule has 3 rings (SSSR count). The molecule has 5 nitrogen and oxygen atoms in total. The van der Waals surface area contributed by atoms with Gasteiger partial charge in [-0.1, -0.05) is 18.2 Å². The zero-order valence-corrected chi connectivity index (χ0v) is 13.0. The van der Waals surface area contributed by atoms with Crippen LogP contribution in [0.25, 0.3) is 0 Å². The average Bonchev–Trinajstić information content (AvgIpc) is 2.55. The summed E-state index contributed by atoms with van der Waals surface area (Å²) in [5, 5.41) is 2.90. The summed E-state index contributed by atoms with van der Waals surface area (Å²) in [7, 11) is 0. The van der Waals surface area contributed by atoms with Crippen molar-refractivity contribution in [3.8, 4) is 0 Å². The van der Waals surface area contributed by atoms with Crippen LogP contribution in [0.5, 0.6) is 0 Å². The minimum absolute atomic E-state index is 0.108. The summed E-state index contributed by atoms with van der Waals surface area (Å²) in [6.07, 6.45) is 0.863. The van der Waals surface area contributed by atoms with Crippen LogP contribution in [-0.2, 0) is 0 Å². The summed E-state index contributed by atoms with van der Waals surface area (Å²) in [5.74, 6) is -0.111. The van der Waals surface area contributed by atoms with Gasteiger partial charge in [0.05, 0.1) is 0 Å². The van der Waals surface area contributed by atoms with Gasteiger partial charge in [-0.3, -0.25) is 4.79 Å². The highest BCUT2D eigenvalue weighted by Gasteiger charge is 2.22. The molecule has 23 heavy (non-hydrogen) atoms. The molecule has 0 spiro atoms. The fourth-order valence-electron chi connectivity index (χ4n) is 2.94. The van der Waals surface area contributed by atoms with E-state index < -0.39 is 0 Å². The molecule has 2 aromatic rings. The normalized spacial score (nSPS) is 21.0. The molecule has 2 aromatic carbocycles. The standard InChI is InChI=1S/C18H22N4O/c19-14-10-15(20)12-22(11-14)17-8-6-16(7-9-17)21-18(23)13-4-2-1-3-5-13/h1-9,14-15H,10-12,19-20H2,(H,21,23)/t14-,15+. The number of carbonyl (C=O) groups is 1. The lowest BCUT2D eigenvalue weighted by Gasteiger charge is -2.36. The molecule has 0 radical (unpaired) electrons. The Morgan fingerprint density at radius 1 is 0.957 bits per heavy atom. The predicted octanol–water partition coefficient (Wildman–Crippen LogP) is 1.80. The number of anilines is 2. The summed E-state index contributed by atoms with van der Waals surface area (Å²) in [4.78, 5) is 14.3. The topological polar surface area (TPSA) is 84.4 Å². The Bertz CT molecular complexity index is 646. The largest absolute Gasteiger partial charge is 0.368 e. The SMILES string of the molecule is N[C@@H]1C[C@H](N)CN(c2ccc(NC(=O)c3ccccc3)cc2)C1. The van der Waals surface area contributed by atoms with Gasteiger partial charge in [0.15, 0.2) is 0 Å². The van der Waals surface area contributed by atoms with E-state index in [1.165, 1.54) is 0 Å². The molecular weight excluding hydrogens is 288 g/mol. The number of nitrogens with zero attached hydrogens (tertiary/aromatic N) is 1. The highest BCUT2D eigenvalue weighted by atomic mass is 16.1. The van der Waals surface area contributed by atoms with Crippen LogP contribution in [0, 0.1) is 0 Å². The molecular formula is C18H22N4O. The monoisotopic (exact) mass is 310 g/mol. The number of amides is 1. The third kappa shape index (κ3) is 3.88. The lowest BCUT2D eigenvalue weighted by Crippen LogP contribution is -2.52. The molecule has 0 saturated carbocycles. The van der Waals surface area contributed by atoms with E-state index in [4.69, 9.17) is 11.5 Å². The highest BCUT2D eigenvalue weighted by molar-refractivity contribution is 6.04. The van der Waals surface area contributed by atoms with Gasteiger partial charge in [0.25, 0.3) is 5.91 Å². The zero-order chi connectivity index (χ0) is 16.2. The molecule has 1 saturated heterocycles. The van der Waals surface area contributed by atoms with E-state index in [1.807, 2.05) is 42.5 Å². The third-order valence-electron chi connectivity index (χ3n) is 4.04. The molecule has 0 aliphatic carbocycles. The molecule has 0 bridgehead atoms. The predicted molar refractivity (Wildman–Crippen MR) is 93.6 cm³/mol. The number of benzene rings is 2. The number of rotatable bonds is 3. The van der Waals surface area contributed by atoms with E-state index in [0.717, 1.165) is 30.9 Å². The lowest BCUT2D eigenvalue weighted by atomic mass is 10.0. The average molecular weight is 310 g/mol. The first-order valence-electron chi connectivity index (χ1n) is 7.84.